The summed E-state index contributed by atoms with van der Waals surface area (Å²) >= 11 is 0. The molecule has 0 saturated carbocycles. The first kappa shape index (κ1) is 20.4. The molecule has 0 atom stereocenters. The van der Waals surface area contributed by atoms with E-state index in [-0.39, 0.29) is 11.8 Å². The molecule has 1 aromatic heterocycles. The minimum Gasteiger partial charge on any atom is -0.355 e. The molecule has 2 aliphatic heterocycles. The molecular formula is C24H30N4O2. The van der Waals surface area contributed by atoms with Gasteiger partial charge in [0, 0.05) is 52.4 Å². The highest BCUT2D eigenvalue weighted by atomic mass is 16.2. The summed E-state index contributed by atoms with van der Waals surface area (Å²) < 4.78 is 0. The van der Waals surface area contributed by atoms with Crippen LogP contribution in [0, 0.1) is 5.92 Å². The summed E-state index contributed by atoms with van der Waals surface area (Å²) in [4.78, 5) is 35.2. The molecule has 1 aromatic carbocycles. The number of piperidine rings is 1. The standard InChI is InChI=1S/C24H30N4O2/c1-26(17-19-6-3-2-4-7-19)22-10-9-21(16-25-22)24(30)27-14-11-20(12-15-27)18-28-13-5-8-23(28)29/h2-4,6-7,9-10,16,20H,5,8,11-15,17-18H2,1H3. The van der Waals surface area contributed by atoms with Crippen molar-refractivity contribution >= 4 is 17.6 Å². The van der Waals surface area contributed by atoms with Crippen LogP contribution < -0.4 is 4.90 Å². The Kier molecular flexibility index (Phi) is 6.31. The Labute approximate surface area is 178 Å². The topological polar surface area (TPSA) is 56.8 Å². The number of aromatic nitrogens is 1. The molecule has 0 spiro atoms. The van der Waals surface area contributed by atoms with Gasteiger partial charge in [0.1, 0.15) is 5.82 Å². The largest absolute Gasteiger partial charge is 0.355 e. The van der Waals surface area contributed by atoms with Crippen LogP contribution in [0.4, 0.5) is 5.82 Å². The summed E-state index contributed by atoms with van der Waals surface area (Å²) in [5.41, 5.74) is 1.86. The van der Waals surface area contributed by atoms with Gasteiger partial charge in [-0.15, -0.1) is 0 Å². The molecule has 2 saturated heterocycles. The van der Waals surface area contributed by atoms with E-state index in [2.05, 4.69) is 22.0 Å². The smallest absolute Gasteiger partial charge is 0.255 e. The van der Waals surface area contributed by atoms with Crippen molar-refractivity contribution in [2.75, 3.05) is 38.1 Å². The summed E-state index contributed by atoms with van der Waals surface area (Å²) in [6.45, 7) is 4.02. The first-order valence-corrected chi connectivity index (χ1v) is 10.9. The molecule has 3 heterocycles. The van der Waals surface area contributed by atoms with Crippen molar-refractivity contribution in [1.29, 1.82) is 0 Å². The lowest BCUT2D eigenvalue weighted by atomic mass is 9.96. The van der Waals surface area contributed by atoms with Crippen LogP contribution in [-0.4, -0.2) is 59.8 Å². The molecule has 0 radical (unpaired) electrons. The number of carbonyl (C=O) groups is 2. The van der Waals surface area contributed by atoms with Crippen LogP contribution in [0.15, 0.2) is 48.7 Å². The van der Waals surface area contributed by atoms with E-state index in [9.17, 15) is 9.59 Å². The summed E-state index contributed by atoms with van der Waals surface area (Å²) in [6.07, 6.45) is 5.29. The molecule has 0 aliphatic carbocycles. The summed E-state index contributed by atoms with van der Waals surface area (Å²) in [7, 11) is 2.01. The quantitative estimate of drug-likeness (QED) is 0.739. The van der Waals surface area contributed by atoms with Gasteiger partial charge in [0.15, 0.2) is 0 Å². The van der Waals surface area contributed by atoms with Gasteiger partial charge in [-0.05, 0) is 42.9 Å². The third-order valence-corrected chi connectivity index (χ3v) is 6.20. The number of carbonyl (C=O) groups excluding carboxylic acids is 2. The maximum atomic E-state index is 12.9. The Morgan fingerprint density at radius 3 is 2.50 bits per heavy atom. The molecule has 2 amide bonds. The van der Waals surface area contributed by atoms with Crippen LogP contribution >= 0.6 is 0 Å². The number of benzene rings is 1. The fourth-order valence-electron chi connectivity index (χ4n) is 4.39. The number of hydrogen-bond acceptors (Lipinski definition) is 4. The Bertz CT molecular complexity index is 861. The molecule has 0 bridgehead atoms. The fraction of sp³-hybridized carbons (Fsp3) is 0.458. The Morgan fingerprint density at radius 1 is 1.10 bits per heavy atom. The summed E-state index contributed by atoms with van der Waals surface area (Å²) in [5, 5.41) is 0. The highest BCUT2D eigenvalue weighted by molar-refractivity contribution is 5.94. The van der Waals surface area contributed by atoms with Gasteiger partial charge in [0.2, 0.25) is 5.91 Å². The first-order chi connectivity index (χ1) is 14.6. The van der Waals surface area contributed by atoms with E-state index in [1.807, 2.05) is 47.2 Å². The minimum atomic E-state index is 0.0514. The number of hydrogen-bond donors (Lipinski definition) is 0. The summed E-state index contributed by atoms with van der Waals surface area (Å²) in [6, 6.07) is 14.1. The third kappa shape index (κ3) is 4.81. The number of rotatable bonds is 6. The number of likely N-dealkylation sites (tertiary alicyclic amines) is 2. The zero-order chi connectivity index (χ0) is 20.9. The molecule has 2 aromatic rings. The molecule has 0 unspecified atom stereocenters. The maximum Gasteiger partial charge on any atom is 0.255 e. The molecule has 4 rings (SSSR count). The lowest BCUT2D eigenvalue weighted by Gasteiger charge is -2.34. The maximum absolute atomic E-state index is 12.9. The monoisotopic (exact) mass is 406 g/mol. The predicted molar refractivity (Wildman–Crippen MR) is 117 cm³/mol. The van der Waals surface area contributed by atoms with Crippen molar-refractivity contribution < 1.29 is 9.59 Å². The van der Waals surface area contributed by atoms with Crippen molar-refractivity contribution in [2.24, 2.45) is 5.92 Å². The van der Waals surface area contributed by atoms with Gasteiger partial charge in [-0.3, -0.25) is 9.59 Å². The normalized spacial score (nSPS) is 17.4. The highest BCUT2D eigenvalue weighted by Crippen LogP contribution is 2.23. The Morgan fingerprint density at radius 2 is 1.87 bits per heavy atom. The molecule has 2 fully saturated rings. The van der Waals surface area contributed by atoms with Crippen LogP contribution in [-0.2, 0) is 11.3 Å². The van der Waals surface area contributed by atoms with Gasteiger partial charge in [0.25, 0.3) is 5.91 Å². The number of pyridine rings is 1. The van der Waals surface area contributed by atoms with Crippen molar-refractivity contribution in [3.63, 3.8) is 0 Å². The number of amides is 2. The van der Waals surface area contributed by atoms with E-state index in [0.29, 0.717) is 17.9 Å². The zero-order valence-corrected chi connectivity index (χ0v) is 17.7. The van der Waals surface area contributed by atoms with Crippen LogP contribution in [0.25, 0.3) is 0 Å². The predicted octanol–water partition coefficient (Wildman–Crippen LogP) is 3.19. The average Bonchev–Trinajstić information content (AvgIpc) is 3.19. The second kappa shape index (κ2) is 9.28. The Hall–Kier alpha value is -2.89. The van der Waals surface area contributed by atoms with Crippen LogP contribution in [0.3, 0.4) is 0 Å². The number of nitrogens with zero attached hydrogens (tertiary/aromatic N) is 4. The second-order valence-corrected chi connectivity index (χ2v) is 8.43. The third-order valence-electron chi connectivity index (χ3n) is 6.20. The lowest BCUT2D eigenvalue weighted by molar-refractivity contribution is -0.128. The zero-order valence-electron chi connectivity index (χ0n) is 17.7. The first-order valence-electron chi connectivity index (χ1n) is 10.9. The van der Waals surface area contributed by atoms with Gasteiger partial charge in [0.05, 0.1) is 5.56 Å². The van der Waals surface area contributed by atoms with Crippen molar-refractivity contribution in [2.45, 2.75) is 32.2 Å². The van der Waals surface area contributed by atoms with Gasteiger partial charge < -0.3 is 14.7 Å². The highest BCUT2D eigenvalue weighted by Gasteiger charge is 2.28. The van der Waals surface area contributed by atoms with Crippen LogP contribution in [0.5, 0.6) is 0 Å². The average molecular weight is 407 g/mol. The van der Waals surface area contributed by atoms with Crippen LogP contribution in [0.1, 0.15) is 41.6 Å². The minimum absolute atomic E-state index is 0.0514. The van der Waals surface area contributed by atoms with E-state index in [4.69, 9.17) is 0 Å². The van der Waals surface area contributed by atoms with Gasteiger partial charge >= 0.3 is 0 Å². The molecular weight excluding hydrogens is 376 g/mol. The molecule has 6 heteroatoms. The molecule has 0 N–H and O–H groups in total. The molecule has 6 nitrogen and oxygen atoms in total. The second-order valence-electron chi connectivity index (χ2n) is 8.43. The lowest BCUT2D eigenvalue weighted by Crippen LogP contribution is -2.41. The van der Waals surface area contributed by atoms with E-state index >= 15 is 0 Å². The van der Waals surface area contributed by atoms with E-state index in [1.165, 1.54) is 5.56 Å². The molecule has 30 heavy (non-hydrogen) atoms. The van der Waals surface area contributed by atoms with E-state index in [0.717, 1.165) is 57.8 Å². The van der Waals surface area contributed by atoms with Crippen molar-refractivity contribution in [1.82, 2.24) is 14.8 Å². The van der Waals surface area contributed by atoms with E-state index in [1.54, 1.807) is 6.20 Å². The Balaban J connectivity index is 1.29. The van der Waals surface area contributed by atoms with Gasteiger partial charge in [-0.1, -0.05) is 30.3 Å². The fourth-order valence-corrected chi connectivity index (χ4v) is 4.39. The molecule has 158 valence electrons. The molecule has 2 aliphatic rings. The SMILES string of the molecule is CN(Cc1ccccc1)c1ccc(C(=O)N2CCC(CN3CCCC3=O)CC2)cn1. The van der Waals surface area contributed by atoms with Gasteiger partial charge in [-0.2, -0.15) is 0 Å². The summed E-state index contributed by atoms with van der Waals surface area (Å²) in [5.74, 6) is 1.69. The van der Waals surface area contributed by atoms with Crippen molar-refractivity contribution in [3.8, 4) is 0 Å². The van der Waals surface area contributed by atoms with E-state index < -0.39 is 0 Å². The number of anilines is 1. The van der Waals surface area contributed by atoms with Crippen LogP contribution in [0.2, 0.25) is 0 Å². The van der Waals surface area contributed by atoms with Gasteiger partial charge in [-0.25, -0.2) is 4.98 Å². The van der Waals surface area contributed by atoms with Crippen molar-refractivity contribution in [3.05, 3.63) is 59.8 Å².